The van der Waals surface area contributed by atoms with Crippen molar-refractivity contribution >= 4 is 12.4 Å². The minimum Gasteiger partial charge on any atom is -0.368 e. The van der Waals surface area contributed by atoms with Crippen LogP contribution in [0.3, 0.4) is 0 Å². The van der Waals surface area contributed by atoms with Crippen LogP contribution >= 0.6 is 12.4 Å². The number of rotatable bonds is 0. The topological polar surface area (TPSA) is 29.5 Å². The van der Waals surface area contributed by atoms with E-state index in [0.29, 0.717) is 0 Å². The second-order valence-corrected chi connectivity index (χ2v) is 1.47. The fourth-order valence-electron chi connectivity index (χ4n) is 0.561. The molecule has 1 atom stereocenters. The van der Waals surface area contributed by atoms with Crippen molar-refractivity contribution in [1.82, 2.24) is 0 Å². The molecule has 0 amide bonds. The summed E-state index contributed by atoms with van der Waals surface area (Å²) < 4.78 is 4.71. The Morgan fingerprint density at radius 2 is 2.29 bits per heavy atom. The number of hydrogen-bond acceptors (Lipinski definition) is 2. The van der Waals surface area contributed by atoms with Gasteiger partial charge in [-0.15, -0.1) is 12.4 Å². The maximum Gasteiger partial charge on any atom is 0.154 e. The molecule has 0 bridgehead atoms. The molecule has 0 aromatic heterocycles. The van der Waals surface area contributed by atoms with E-state index in [2.05, 4.69) is 0 Å². The second kappa shape index (κ2) is 3.24. The smallest absolute Gasteiger partial charge is 0.154 e. The largest absolute Gasteiger partial charge is 0.368 e. The van der Waals surface area contributed by atoms with Crippen molar-refractivity contribution in [2.24, 2.45) is 0 Å². The molecule has 1 saturated heterocycles. The molecular weight excluding hydrogens is 115 g/mol. The molecule has 1 heterocycles. The van der Waals surface area contributed by atoms with E-state index in [1.165, 1.54) is 0 Å². The van der Waals surface area contributed by atoms with Crippen LogP contribution in [0, 0.1) is 0 Å². The minimum atomic E-state index is -0.454. The van der Waals surface area contributed by atoms with Crippen molar-refractivity contribution < 1.29 is 9.84 Å². The van der Waals surface area contributed by atoms with Crippen molar-refractivity contribution in [3.8, 4) is 0 Å². The van der Waals surface area contributed by atoms with E-state index in [1.54, 1.807) is 0 Å². The van der Waals surface area contributed by atoms with Gasteiger partial charge in [-0.3, -0.25) is 0 Å². The van der Waals surface area contributed by atoms with Crippen LogP contribution in [-0.2, 0) is 4.74 Å². The van der Waals surface area contributed by atoms with Gasteiger partial charge in [-0.25, -0.2) is 0 Å². The molecule has 0 aliphatic carbocycles. The molecule has 2 nitrogen and oxygen atoms in total. The molecule has 1 aliphatic heterocycles. The van der Waals surface area contributed by atoms with Gasteiger partial charge in [0.25, 0.3) is 0 Å². The van der Waals surface area contributed by atoms with Gasteiger partial charge in [0.2, 0.25) is 0 Å². The standard InChI is InChI=1S/C4H8O2.ClH/c5-4-2-1-3-6-4;/h4-5H,1-3H2;1H. The zero-order valence-corrected chi connectivity index (χ0v) is 4.78. The van der Waals surface area contributed by atoms with E-state index in [9.17, 15) is 0 Å². The first kappa shape index (κ1) is 7.21. The van der Waals surface area contributed by atoms with Gasteiger partial charge in [-0.2, -0.15) is 0 Å². The molecule has 1 unspecified atom stereocenters. The predicted octanol–water partition coefficient (Wildman–Crippen LogP) is 0.537. The lowest BCUT2D eigenvalue weighted by Crippen LogP contribution is -1.99. The van der Waals surface area contributed by atoms with Crippen LogP contribution in [-0.4, -0.2) is 18.0 Å². The first-order chi connectivity index (χ1) is 2.89. The van der Waals surface area contributed by atoms with Gasteiger partial charge in [-0.05, 0) is 6.42 Å². The van der Waals surface area contributed by atoms with Gasteiger partial charge in [0.15, 0.2) is 6.29 Å². The van der Waals surface area contributed by atoms with Crippen molar-refractivity contribution in [2.75, 3.05) is 6.61 Å². The van der Waals surface area contributed by atoms with Crippen LogP contribution in [0.15, 0.2) is 0 Å². The minimum absolute atomic E-state index is 0. The Hall–Kier alpha value is 0.210. The average molecular weight is 125 g/mol. The summed E-state index contributed by atoms with van der Waals surface area (Å²) >= 11 is 0. The van der Waals surface area contributed by atoms with Gasteiger partial charge in [0.1, 0.15) is 0 Å². The molecule has 0 aromatic rings. The molecule has 3 heteroatoms. The SMILES string of the molecule is Cl.OC1CCCO1. The van der Waals surface area contributed by atoms with Gasteiger partial charge in [-0.1, -0.05) is 0 Å². The lowest BCUT2D eigenvalue weighted by Gasteiger charge is -1.93. The lowest BCUT2D eigenvalue weighted by molar-refractivity contribution is -0.0589. The zero-order valence-electron chi connectivity index (χ0n) is 3.96. The molecule has 44 valence electrons. The molecule has 7 heavy (non-hydrogen) atoms. The summed E-state index contributed by atoms with van der Waals surface area (Å²) in [5.74, 6) is 0. The highest BCUT2D eigenvalue weighted by molar-refractivity contribution is 5.85. The number of aliphatic hydroxyl groups is 1. The molecule has 0 radical (unpaired) electrons. The monoisotopic (exact) mass is 124 g/mol. The highest BCUT2D eigenvalue weighted by Gasteiger charge is 2.09. The van der Waals surface area contributed by atoms with Crippen LogP contribution in [0.1, 0.15) is 12.8 Å². The van der Waals surface area contributed by atoms with Crippen molar-refractivity contribution in [1.29, 1.82) is 0 Å². The van der Waals surface area contributed by atoms with E-state index in [4.69, 9.17) is 9.84 Å². The Bertz CT molecular complexity index is 43.0. The summed E-state index contributed by atoms with van der Waals surface area (Å²) in [6.45, 7) is 0.737. The average Bonchev–Trinajstić information content (AvgIpc) is 1.86. The maximum atomic E-state index is 8.51. The fraction of sp³-hybridized carbons (Fsp3) is 1.00. The normalized spacial score (nSPS) is 29.6. The summed E-state index contributed by atoms with van der Waals surface area (Å²) in [4.78, 5) is 0. The fourth-order valence-corrected chi connectivity index (χ4v) is 0.561. The summed E-state index contributed by atoms with van der Waals surface area (Å²) in [6, 6.07) is 0. The van der Waals surface area contributed by atoms with E-state index in [1.807, 2.05) is 0 Å². The first-order valence-electron chi connectivity index (χ1n) is 2.19. The van der Waals surface area contributed by atoms with Crippen molar-refractivity contribution in [3.05, 3.63) is 0 Å². The third kappa shape index (κ3) is 2.12. The van der Waals surface area contributed by atoms with Gasteiger partial charge >= 0.3 is 0 Å². The predicted molar refractivity (Wildman–Crippen MR) is 28.4 cm³/mol. The Morgan fingerprint density at radius 3 is 2.43 bits per heavy atom. The summed E-state index contributed by atoms with van der Waals surface area (Å²) in [5.41, 5.74) is 0. The summed E-state index contributed by atoms with van der Waals surface area (Å²) in [5, 5.41) is 8.51. The van der Waals surface area contributed by atoms with Gasteiger partial charge in [0.05, 0.1) is 0 Å². The first-order valence-corrected chi connectivity index (χ1v) is 2.19. The van der Waals surface area contributed by atoms with E-state index in [0.717, 1.165) is 19.4 Å². The zero-order chi connectivity index (χ0) is 4.41. The highest BCUT2D eigenvalue weighted by Crippen LogP contribution is 2.06. The Kier molecular flexibility index (Phi) is 3.34. The Balaban J connectivity index is 0.000000360. The summed E-state index contributed by atoms with van der Waals surface area (Å²) in [7, 11) is 0. The molecule has 0 spiro atoms. The van der Waals surface area contributed by atoms with Gasteiger partial charge in [0, 0.05) is 13.0 Å². The van der Waals surface area contributed by atoms with Crippen molar-refractivity contribution in [2.45, 2.75) is 19.1 Å². The third-order valence-corrected chi connectivity index (χ3v) is 0.906. The third-order valence-electron chi connectivity index (χ3n) is 0.906. The van der Waals surface area contributed by atoms with E-state index in [-0.39, 0.29) is 12.4 Å². The quantitative estimate of drug-likeness (QED) is 0.511. The molecule has 0 saturated carbocycles. The number of hydrogen-bond donors (Lipinski definition) is 1. The molecular formula is C4H9ClO2. The highest BCUT2D eigenvalue weighted by atomic mass is 35.5. The lowest BCUT2D eigenvalue weighted by atomic mass is 10.4. The van der Waals surface area contributed by atoms with Crippen LogP contribution in [0.25, 0.3) is 0 Å². The molecule has 1 rings (SSSR count). The Labute approximate surface area is 48.9 Å². The van der Waals surface area contributed by atoms with Gasteiger partial charge < -0.3 is 9.84 Å². The van der Waals surface area contributed by atoms with Crippen LogP contribution in [0.5, 0.6) is 0 Å². The summed E-state index contributed by atoms with van der Waals surface area (Å²) in [6.07, 6.45) is 1.38. The number of halogens is 1. The van der Waals surface area contributed by atoms with Crippen molar-refractivity contribution in [3.63, 3.8) is 0 Å². The Morgan fingerprint density at radius 1 is 1.57 bits per heavy atom. The number of ether oxygens (including phenoxy) is 1. The van der Waals surface area contributed by atoms with Crippen LogP contribution < -0.4 is 0 Å². The maximum absolute atomic E-state index is 8.51. The van der Waals surface area contributed by atoms with Crippen LogP contribution in [0.4, 0.5) is 0 Å². The second-order valence-electron chi connectivity index (χ2n) is 1.47. The van der Waals surface area contributed by atoms with E-state index < -0.39 is 6.29 Å². The molecule has 1 fully saturated rings. The molecule has 1 aliphatic rings. The molecule has 1 N–H and O–H groups in total. The number of aliphatic hydroxyl groups excluding tert-OH is 1. The van der Waals surface area contributed by atoms with Crippen LogP contribution in [0.2, 0.25) is 0 Å². The molecule has 0 aromatic carbocycles. The van der Waals surface area contributed by atoms with E-state index >= 15 is 0 Å².